The first-order chi connectivity index (χ1) is 11.8. The summed E-state index contributed by atoms with van der Waals surface area (Å²) in [6.07, 6.45) is 0. The van der Waals surface area contributed by atoms with Gasteiger partial charge in [-0.2, -0.15) is 4.31 Å². The molecule has 0 radical (unpaired) electrons. The van der Waals surface area contributed by atoms with E-state index in [-0.39, 0.29) is 24.7 Å². The first-order valence-electron chi connectivity index (χ1n) is 7.79. The fraction of sp³-hybridized carbons (Fsp3) is 0.375. The molecule has 3 rings (SSSR count). The summed E-state index contributed by atoms with van der Waals surface area (Å²) in [6.45, 7) is 2.99. The molecule has 0 saturated carbocycles. The fourth-order valence-electron chi connectivity index (χ4n) is 2.68. The summed E-state index contributed by atoms with van der Waals surface area (Å²) in [5, 5.41) is 2.54. The Morgan fingerprint density at radius 1 is 1.20 bits per heavy atom. The number of hydrogen-bond donors (Lipinski definition) is 0. The van der Waals surface area contributed by atoms with Crippen LogP contribution in [0.25, 0.3) is 0 Å². The third-order valence-electron chi connectivity index (χ3n) is 4.02. The second-order valence-electron chi connectivity index (χ2n) is 5.83. The largest absolute Gasteiger partial charge is 0.335 e. The molecule has 9 heteroatoms. The standard InChI is InChI=1S/C16H18FN3O3S2/c1-12-18-15(10-24-12)16(21)19-6-8-20(9-7-19)25(22,23)11-13-2-4-14(17)5-3-13/h2-5,10H,6-9,11H2,1H3. The van der Waals surface area contributed by atoms with Gasteiger partial charge in [-0.1, -0.05) is 12.1 Å². The molecule has 1 amide bonds. The molecule has 0 spiro atoms. The van der Waals surface area contributed by atoms with Crippen LogP contribution in [0, 0.1) is 12.7 Å². The van der Waals surface area contributed by atoms with E-state index in [1.165, 1.54) is 39.9 Å². The molecule has 1 aromatic heterocycles. The maximum absolute atomic E-state index is 12.9. The summed E-state index contributed by atoms with van der Waals surface area (Å²) in [5.74, 6) is -0.738. The first kappa shape index (κ1) is 18.0. The SMILES string of the molecule is Cc1nc(C(=O)N2CCN(S(=O)(=O)Cc3ccc(F)cc3)CC2)cs1. The highest BCUT2D eigenvalue weighted by Gasteiger charge is 2.30. The van der Waals surface area contributed by atoms with E-state index >= 15 is 0 Å². The van der Waals surface area contributed by atoms with Crippen LogP contribution in [-0.4, -0.2) is 54.7 Å². The van der Waals surface area contributed by atoms with Crippen molar-refractivity contribution in [2.75, 3.05) is 26.2 Å². The molecule has 2 aromatic rings. The minimum Gasteiger partial charge on any atom is -0.335 e. The fourth-order valence-corrected chi connectivity index (χ4v) is 4.78. The number of nitrogens with zero attached hydrogens (tertiary/aromatic N) is 3. The quantitative estimate of drug-likeness (QED) is 0.808. The number of amides is 1. The van der Waals surface area contributed by atoms with Crippen LogP contribution in [0.1, 0.15) is 21.1 Å². The molecule has 0 aliphatic carbocycles. The molecule has 0 bridgehead atoms. The lowest BCUT2D eigenvalue weighted by molar-refractivity contribution is 0.0692. The van der Waals surface area contributed by atoms with Crippen LogP contribution in [0.4, 0.5) is 4.39 Å². The Hall–Kier alpha value is -1.84. The lowest BCUT2D eigenvalue weighted by atomic mass is 10.2. The molecule has 0 N–H and O–H groups in total. The van der Waals surface area contributed by atoms with E-state index in [4.69, 9.17) is 0 Å². The van der Waals surface area contributed by atoms with Gasteiger partial charge in [0.15, 0.2) is 0 Å². The van der Waals surface area contributed by atoms with Crippen molar-refractivity contribution in [1.82, 2.24) is 14.2 Å². The zero-order chi connectivity index (χ0) is 18.0. The number of aryl methyl sites for hydroxylation is 1. The van der Waals surface area contributed by atoms with Crippen molar-refractivity contribution in [2.24, 2.45) is 0 Å². The van der Waals surface area contributed by atoms with E-state index in [0.29, 0.717) is 24.3 Å². The van der Waals surface area contributed by atoms with Gasteiger partial charge >= 0.3 is 0 Å². The molecule has 1 aliphatic rings. The molecule has 2 heterocycles. The average molecular weight is 383 g/mol. The Kier molecular flexibility index (Phi) is 5.16. The van der Waals surface area contributed by atoms with Crippen LogP contribution in [0.5, 0.6) is 0 Å². The highest BCUT2D eigenvalue weighted by molar-refractivity contribution is 7.88. The molecule has 134 valence electrons. The van der Waals surface area contributed by atoms with Gasteiger partial charge in [-0.3, -0.25) is 4.79 Å². The van der Waals surface area contributed by atoms with Crippen LogP contribution in [-0.2, 0) is 15.8 Å². The summed E-state index contributed by atoms with van der Waals surface area (Å²) < 4.78 is 39.3. The van der Waals surface area contributed by atoms with Crippen molar-refractivity contribution < 1.29 is 17.6 Å². The van der Waals surface area contributed by atoms with Crippen molar-refractivity contribution in [3.8, 4) is 0 Å². The van der Waals surface area contributed by atoms with Gasteiger partial charge in [0, 0.05) is 31.6 Å². The van der Waals surface area contributed by atoms with Crippen molar-refractivity contribution in [2.45, 2.75) is 12.7 Å². The lowest BCUT2D eigenvalue weighted by Crippen LogP contribution is -2.50. The number of carbonyl (C=O) groups excluding carboxylic acids is 1. The average Bonchev–Trinajstić information content (AvgIpc) is 3.03. The van der Waals surface area contributed by atoms with E-state index in [9.17, 15) is 17.6 Å². The Morgan fingerprint density at radius 3 is 2.40 bits per heavy atom. The molecule has 1 aliphatic heterocycles. The third kappa shape index (κ3) is 4.23. The highest BCUT2D eigenvalue weighted by Crippen LogP contribution is 2.16. The summed E-state index contributed by atoms with van der Waals surface area (Å²) >= 11 is 1.41. The predicted octanol–water partition coefficient (Wildman–Crippen LogP) is 1.88. The Bertz CT molecular complexity index is 857. The predicted molar refractivity (Wildman–Crippen MR) is 93.4 cm³/mol. The van der Waals surface area contributed by atoms with Crippen molar-refractivity contribution in [1.29, 1.82) is 0 Å². The summed E-state index contributed by atoms with van der Waals surface area (Å²) in [4.78, 5) is 18.2. The normalized spacial score (nSPS) is 16.2. The molecule has 1 saturated heterocycles. The molecule has 25 heavy (non-hydrogen) atoms. The summed E-state index contributed by atoms with van der Waals surface area (Å²) in [6, 6.07) is 5.43. The van der Waals surface area contributed by atoms with E-state index in [1.54, 1.807) is 10.3 Å². The molecule has 1 aromatic carbocycles. The zero-order valence-electron chi connectivity index (χ0n) is 13.7. The van der Waals surface area contributed by atoms with Crippen molar-refractivity contribution in [3.05, 3.63) is 51.7 Å². The maximum atomic E-state index is 12.9. The van der Waals surface area contributed by atoms with Crippen LogP contribution < -0.4 is 0 Å². The molecule has 0 atom stereocenters. The van der Waals surface area contributed by atoms with E-state index in [1.807, 2.05) is 6.92 Å². The van der Waals surface area contributed by atoms with Gasteiger partial charge in [0.25, 0.3) is 5.91 Å². The summed E-state index contributed by atoms with van der Waals surface area (Å²) in [7, 11) is -3.50. The number of benzene rings is 1. The minimum atomic E-state index is -3.50. The topological polar surface area (TPSA) is 70.6 Å². The third-order valence-corrected chi connectivity index (χ3v) is 6.64. The van der Waals surface area contributed by atoms with E-state index in [2.05, 4.69) is 4.98 Å². The second kappa shape index (κ2) is 7.19. The Labute approximate surface area is 150 Å². The minimum absolute atomic E-state index is 0.167. The Morgan fingerprint density at radius 2 is 1.84 bits per heavy atom. The van der Waals surface area contributed by atoms with Crippen molar-refractivity contribution in [3.63, 3.8) is 0 Å². The Balaban J connectivity index is 1.61. The lowest BCUT2D eigenvalue weighted by Gasteiger charge is -2.33. The number of sulfonamides is 1. The molecular weight excluding hydrogens is 365 g/mol. The number of hydrogen-bond acceptors (Lipinski definition) is 5. The van der Waals surface area contributed by atoms with Gasteiger partial charge in [-0.05, 0) is 24.6 Å². The molecule has 0 unspecified atom stereocenters. The van der Waals surface area contributed by atoms with E-state index in [0.717, 1.165) is 5.01 Å². The van der Waals surface area contributed by atoms with Crippen LogP contribution >= 0.6 is 11.3 Å². The van der Waals surface area contributed by atoms with Crippen LogP contribution in [0.2, 0.25) is 0 Å². The van der Waals surface area contributed by atoms with Crippen LogP contribution in [0.3, 0.4) is 0 Å². The van der Waals surface area contributed by atoms with Crippen LogP contribution in [0.15, 0.2) is 29.6 Å². The van der Waals surface area contributed by atoms with Gasteiger partial charge in [0.05, 0.1) is 10.8 Å². The van der Waals surface area contributed by atoms with Gasteiger partial charge in [0.1, 0.15) is 11.5 Å². The number of rotatable bonds is 4. The molecule has 1 fully saturated rings. The molecule has 6 nitrogen and oxygen atoms in total. The van der Waals surface area contributed by atoms with Gasteiger partial charge in [0.2, 0.25) is 10.0 Å². The first-order valence-corrected chi connectivity index (χ1v) is 10.3. The van der Waals surface area contributed by atoms with Gasteiger partial charge in [-0.25, -0.2) is 17.8 Å². The molecular formula is C16H18FN3O3S2. The number of piperazine rings is 1. The van der Waals surface area contributed by atoms with Gasteiger partial charge in [-0.15, -0.1) is 11.3 Å². The number of carbonyl (C=O) groups is 1. The zero-order valence-corrected chi connectivity index (χ0v) is 15.3. The number of thiazole rings is 1. The monoisotopic (exact) mass is 383 g/mol. The second-order valence-corrected chi connectivity index (χ2v) is 8.86. The number of halogens is 1. The summed E-state index contributed by atoms with van der Waals surface area (Å²) in [5.41, 5.74) is 0.947. The highest BCUT2D eigenvalue weighted by atomic mass is 32.2. The van der Waals surface area contributed by atoms with E-state index < -0.39 is 15.8 Å². The number of aromatic nitrogens is 1. The smallest absolute Gasteiger partial charge is 0.273 e. The maximum Gasteiger partial charge on any atom is 0.273 e. The van der Waals surface area contributed by atoms with Crippen molar-refractivity contribution >= 4 is 27.3 Å². The van der Waals surface area contributed by atoms with Gasteiger partial charge < -0.3 is 4.90 Å².